The van der Waals surface area contributed by atoms with E-state index in [1.807, 2.05) is 0 Å². The maximum atomic E-state index is 11.7. The van der Waals surface area contributed by atoms with Gasteiger partial charge in [-0.3, -0.25) is 9.69 Å². The van der Waals surface area contributed by atoms with Crippen LogP contribution in [0.2, 0.25) is 0 Å². The lowest BCUT2D eigenvalue weighted by Crippen LogP contribution is -2.58. The van der Waals surface area contributed by atoms with E-state index in [4.69, 9.17) is 0 Å². The van der Waals surface area contributed by atoms with E-state index in [1.165, 1.54) is 12.8 Å². The molecule has 0 amide bonds. The lowest BCUT2D eigenvalue weighted by atomic mass is 9.84. The third-order valence-electron chi connectivity index (χ3n) is 3.98. The van der Waals surface area contributed by atoms with E-state index in [0.717, 1.165) is 13.0 Å². The van der Waals surface area contributed by atoms with Gasteiger partial charge in [-0.25, -0.2) is 0 Å². The van der Waals surface area contributed by atoms with Gasteiger partial charge in [-0.1, -0.05) is 6.92 Å². The zero-order valence-electron chi connectivity index (χ0n) is 9.76. The highest BCUT2D eigenvalue weighted by Crippen LogP contribution is 2.53. The molecule has 1 atom stereocenters. The zero-order valence-corrected chi connectivity index (χ0v) is 9.76. The van der Waals surface area contributed by atoms with E-state index in [1.54, 1.807) is 0 Å². The summed E-state index contributed by atoms with van der Waals surface area (Å²) in [4.78, 5) is 14.3. The predicted octanol–water partition coefficient (Wildman–Crippen LogP) is 2.23. The standard InChI is InChI=1S/C12H21NO/c1-9-10(14)5-8-13(11(2,3)4)12(9)6-7-12/h9H,5-8H2,1-4H3. The fourth-order valence-electron chi connectivity index (χ4n) is 3.03. The molecule has 0 aromatic rings. The first-order valence-corrected chi connectivity index (χ1v) is 5.68. The minimum absolute atomic E-state index is 0.214. The molecule has 0 radical (unpaired) electrons. The van der Waals surface area contributed by atoms with Gasteiger partial charge in [-0.05, 0) is 33.6 Å². The van der Waals surface area contributed by atoms with Crippen molar-refractivity contribution < 1.29 is 4.79 Å². The number of hydrogen-bond donors (Lipinski definition) is 0. The van der Waals surface area contributed by atoms with Crippen LogP contribution < -0.4 is 0 Å². The van der Waals surface area contributed by atoms with Crippen molar-refractivity contribution in [3.63, 3.8) is 0 Å². The number of piperidine rings is 1. The van der Waals surface area contributed by atoms with Crippen molar-refractivity contribution in [3.8, 4) is 0 Å². The lowest BCUT2D eigenvalue weighted by molar-refractivity contribution is -0.132. The highest BCUT2D eigenvalue weighted by atomic mass is 16.1. The summed E-state index contributed by atoms with van der Waals surface area (Å²) in [6.45, 7) is 9.86. The molecular weight excluding hydrogens is 174 g/mol. The minimum atomic E-state index is 0.214. The number of likely N-dealkylation sites (tertiary alicyclic amines) is 1. The molecular formula is C12H21NO. The van der Waals surface area contributed by atoms with E-state index in [-0.39, 0.29) is 17.0 Å². The molecule has 1 unspecified atom stereocenters. The van der Waals surface area contributed by atoms with Crippen molar-refractivity contribution in [3.05, 3.63) is 0 Å². The number of nitrogens with zero attached hydrogens (tertiary/aromatic N) is 1. The molecule has 1 aliphatic heterocycles. The Bertz CT molecular complexity index is 260. The fraction of sp³-hybridized carbons (Fsp3) is 0.917. The first kappa shape index (κ1) is 10.2. The molecule has 1 saturated heterocycles. The Labute approximate surface area is 86.7 Å². The van der Waals surface area contributed by atoms with Crippen LogP contribution in [0.5, 0.6) is 0 Å². The molecule has 2 fully saturated rings. The van der Waals surface area contributed by atoms with Crippen LogP contribution in [0.3, 0.4) is 0 Å². The zero-order chi connectivity index (χ0) is 10.6. The summed E-state index contributed by atoms with van der Waals surface area (Å²) < 4.78 is 0. The Morgan fingerprint density at radius 1 is 1.36 bits per heavy atom. The maximum absolute atomic E-state index is 11.7. The third-order valence-corrected chi connectivity index (χ3v) is 3.98. The van der Waals surface area contributed by atoms with Gasteiger partial charge in [-0.2, -0.15) is 0 Å². The molecule has 0 aromatic heterocycles. The Balaban J connectivity index is 2.25. The number of carbonyl (C=O) groups excluding carboxylic acids is 1. The molecule has 0 N–H and O–H groups in total. The van der Waals surface area contributed by atoms with Gasteiger partial charge < -0.3 is 0 Å². The summed E-state index contributed by atoms with van der Waals surface area (Å²) in [5.41, 5.74) is 0.457. The van der Waals surface area contributed by atoms with E-state index in [0.29, 0.717) is 5.78 Å². The smallest absolute Gasteiger partial charge is 0.138 e. The summed E-state index contributed by atoms with van der Waals surface area (Å²) in [6, 6.07) is 0. The van der Waals surface area contributed by atoms with E-state index in [9.17, 15) is 4.79 Å². The second-order valence-electron chi connectivity index (χ2n) is 5.86. The average molecular weight is 195 g/mol. The van der Waals surface area contributed by atoms with Gasteiger partial charge in [0.05, 0.1) is 0 Å². The molecule has 2 heteroatoms. The van der Waals surface area contributed by atoms with Crippen LogP contribution >= 0.6 is 0 Å². The monoisotopic (exact) mass is 195 g/mol. The summed E-state index contributed by atoms with van der Waals surface area (Å²) >= 11 is 0. The highest BCUT2D eigenvalue weighted by molar-refractivity contribution is 5.83. The van der Waals surface area contributed by atoms with E-state index in [2.05, 4.69) is 32.6 Å². The van der Waals surface area contributed by atoms with Crippen LogP contribution in [0.15, 0.2) is 0 Å². The van der Waals surface area contributed by atoms with E-state index < -0.39 is 0 Å². The largest absolute Gasteiger partial charge is 0.299 e. The summed E-state index contributed by atoms with van der Waals surface area (Å²) in [5.74, 6) is 0.735. The van der Waals surface area contributed by atoms with Gasteiger partial charge in [0.2, 0.25) is 0 Å². The Morgan fingerprint density at radius 3 is 2.36 bits per heavy atom. The molecule has 80 valence electrons. The SMILES string of the molecule is CC1C(=O)CCN(C(C)(C)C)C12CC2. The number of hydrogen-bond acceptors (Lipinski definition) is 2. The molecule has 2 aliphatic rings. The second kappa shape index (κ2) is 2.82. The molecule has 1 heterocycles. The van der Waals surface area contributed by atoms with Crippen molar-refractivity contribution in [1.82, 2.24) is 4.90 Å². The molecule has 2 rings (SSSR count). The Morgan fingerprint density at radius 2 is 1.93 bits per heavy atom. The second-order valence-corrected chi connectivity index (χ2v) is 5.86. The number of Topliss-reactive ketones (excluding diaryl/α,β-unsaturated/α-hetero) is 1. The predicted molar refractivity (Wildman–Crippen MR) is 57.2 cm³/mol. The summed E-state index contributed by atoms with van der Waals surface area (Å²) in [6.07, 6.45) is 3.19. The van der Waals surface area contributed by atoms with Crippen LogP contribution in [-0.4, -0.2) is 28.3 Å². The van der Waals surface area contributed by atoms with Crippen LogP contribution in [0.1, 0.15) is 47.0 Å². The minimum Gasteiger partial charge on any atom is -0.299 e. The van der Waals surface area contributed by atoms with Gasteiger partial charge in [0.1, 0.15) is 5.78 Å². The molecule has 0 aromatic carbocycles. The fourth-order valence-corrected chi connectivity index (χ4v) is 3.03. The summed E-state index contributed by atoms with van der Waals surface area (Å²) in [7, 11) is 0. The van der Waals surface area contributed by atoms with Crippen LogP contribution in [-0.2, 0) is 4.79 Å². The first-order valence-electron chi connectivity index (χ1n) is 5.68. The van der Waals surface area contributed by atoms with Crippen LogP contribution in [0.25, 0.3) is 0 Å². The first-order chi connectivity index (χ1) is 6.38. The van der Waals surface area contributed by atoms with Gasteiger partial charge in [0.25, 0.3) is 0 Å². The Kier molecular flexibility index (Phi) is 2.04. The average Bonchev–Trinajstić information content (AvgIpc) is 2.80. The molecule has 2 nitrogen and oxygen atoms in total. The van der Waals surface area contributed by atoms with Crippen molar-refractivity contribution in [1.29, 1.82) is 0 Å². The summed E-state index contributed by atoms with van der Waals surface area (Å²) in [5, 5.41) is 0. The van der Waals surface area contributed by atoms with Gasteiger partial charge >= 0.3 is 0 Å². The van der Waals surface area contributed by atoms with E-state index >= 15 is 0 Å². The normalized spacial score (nSPS) is 32.3. The topological polar surface area (TPSA) is 20.3 Å². The van der Waals surface area contributed by atoms with Crippen molar-refractivity contribution in [2.75, 3.05) is 6.54 Å². The van der Waals surface area contributed by atoms with Gasteiger partial charge in [0.15, 0.2) is 0 Å². The Hall–Kier alpha value is -0.370. The molecule has 1 aliphatic carbocycles. The van der Waals surface area contributed by atoms with Crippen molar-refractivity contribution >= 4 is 5.78 Å². The van der Waals surface area contributed by atoms with Crippen LogP contribution in [0, 0.1) is 5.92 Å². The highest BCUT2D eigenvalue weighted by Gasteiger charge is 2.58. The molecule has 0 bridgehead atoms. The lowest BCUT2D eigenvalue weighted by Gasteiger charge is -2.47. The quantitative estimate of drug-likeness (QED) is 0.591. The number of ketones is 1. The van der Waals surface area contributed by atoms with Gasteiger partial charge in [0, 0.05) is 30.0 Å². The van der Waals surface area contributed by atoms with Crippen LogP contribution in [0.4, 0.5) is 0 Å². The number of rotatable bonds is 0. The molecule has 14 heavy (non-hydrogen) atoms. The third kappa shape index (κ3) is 1.31. The van der Waals surface area contributed by atoms with Crippen molar-refractivity contribution in [2.45, 2.75) is 58.0 Å². The molecule has 1 spiro atoms. The maximum Gasteiger partial charge on any atom is 0.138 e. The molecule has 1 saturated carbocycles. The number of carbonyl (C=O) groups is 1. The van der Waals surface area contributed by atoms with Gasteiger partial charge in [-0.15, -0.1) is 0 Å². The van der Waals surface area contributed by atoms with Crippen molar-refractivity contribution in [2.24, 2.45) is 5.92 Å².